The summed E-state index contributed by atoms with van der Waals surface area (Å²) < 4.78 is 1.54. The lowest BCUT2D eigenvalue weighted by atomic mass is 10.4. The molecule has 16 heavy (non-hydrogen) atoms. The minimum absolute atomic E-state index is 0.203. The van der Waals surface area contributed by atoms with Crippen molar-refractivity contribution in [2.24, 2.45) is 7.05 Å². The van der Waals surface area contributed by atoms with Crippen molar-refractivity contribution in [3.63, 3.8) is 0 Å². The van der Waals surface area contributed by atoms with E-state index < -0.39 is 5.97 Å². The van der Waals surface area contributed by atoms with Crippen LogP contribution in [0.15, 0.2) is 12.1 Å². The van der Waals surface area contributed by atoms with E-state index in [0.717, 1.165) is 5.69 Å². The number of rotatable bonds is 3. The Kier molecular flexibility index (Phi) is 3.55. The highest BCUT2D eigenvalue weighted by atomic mass is 16.4. The molecule has 2 amide bonds. The van der Waals surface area contributed by atoms with Crippen LogP contribution in [0.4, 0.5) is 4.79 Å². The first-order valence-corrected chi connectivity index (χ1v) is 4.76. The monoisotopic (exact) mass is 225 g/mol. The molecule has 0 bridgehead atoms. The topological polar surface area (TPSA) is 74.6 Å². The molecule has 0 saturated heterocycles. The third kappa shape index (κ3) is 2.53. The van der Waals surface area contributed by atoms with Gasteiger partial charge in [-0.25, -0.2) is 9.59 Å². The van der Waals surface area contributed by atoms with Crippen LogP contribution in [0.25, 0.3) is 0 Å². The third-order valence-electron chi connectivity index (χ3n) is 2.27. The van der Waals surface area contributed by atoms with Gasteiger partial charge in [0.1, 0.15) is 5.69 Å². The van der Waals surface area contributed by atoms with Crippen LogP contribution < -0.4 is 5.32 Å². The fourth-order valence-corrected chi connectivity index (χ4v) is 1.27. The molecule has 1 heterocycles. The van der Waals surface area contributed by atoms with E-state index >= 15 is 0 Å². The molecule has 0 aliphatic carbocycles. The summed E-state index contributed by atoms with van der Waals surface area (Å²) in [7, 11) is 4.94. The summed E-state index contributed by atoms with van der Waals surface area (Å²) in [6.07, 6.45) is 0. The molecule has 2 N–H and O–H groups in total. The Balaban J connectivity index is 2.69. The maximum atomic E-state index is 11.3. The van der Waals surface area contributed by atoms with E-state index in [-0.39, 0.29) is 11.7 Å². The van der Waals surface area contributed by atoms with Crippen LogP contribution in [0.3, 0.4) is 0 Å². The Hall–Kier alpha value is -1.98. The minimum Gasteiger partial charge on any atom is -0.477 e. The standard InChI is InChI=1S/C10H15N3O3/c1-12(2)10(16)11-6-7-4-5-8(9(14)15)13(7)3/h4-5H,6H2,1-3H3,(H,11,16)(H,14,15). The molecule has 1 aromatic rings. The van der Waals surface area contributed by atoms with Gasteiger partial charge in [0.05, 0.1) is 6.54 Å². The van der Waals surface area contributed by atoms with E-state index in [1.807, 2.05) is 0 Å². The molecule has 0 aliphatic heterocycles. The average Bonchev–Trinajstić information content (AvgIpc) is 2.56. The van der Waals surface area contributed by atoms with Crippen LogP contribution in [0.2, 0.25) is 0 Å². The molecule has 0 aromatic carbocycles. The van der Waals surface area contributed by atoms with Gasteiger partial charge in [0.2, 0.25) is 0 Å². The zero-order chi connectivity index (χ0) is 12.3. The first-order chi connectivity index (χ1) is 7.43. The van der Waals surface area contributed by atoms with Gasteiger partial charge in [-0.3, -0.25) is 0 Å². The Morgan fingerprint density at radius 2 is 2.06 bits per heavy atom. The van der Waals surface area contributed by atoms with Gasteiger partial charge in [-0.2, -0.15) is 0 Å². The van der Waals surface area contributed by atoms with Crippen molar-refractivity contribution in [1.29, 1.82) is 0 Å². The Labute approximate surface area is 93.5 Å². The molecule has 0 aliphatic rings. The minimum atomic E-state index is -0.979. The van der Waals surface area contributed by atoms with Gasteiger partial charge >= 0.3 is 12.0 Å². The highest BCUT2D eigenvalue weighted by Gasteiger charge is 2.11. The Morgan fingerprint density at radius 1 is 1.44 bits per heavy atom. The molecular weight excluding hydrogens is 210 g/mol. The number of urea groups is 1. The summed E-state index contributed by atoms with van der Waals surface area (Å²) in [6, 6.07) is 2.98. The molecule has 6 nitrogen and oxygen atoms in total. The maximum absolute atomic E-state index is 11.3. The Bertz CT molecular complexity index is 409. The molecule has 6 heteroatoms. The summed E-state index contributed by atoms with van der Waals surface area (Å²) in [6.45, 7) is 0.306. The van der Waals surface area contributed by atoms with E-state index in [2.05, 4.69) is 5.32 Å². The normalized spacial score (nSPS) is 9.94. The number of hydrogen-bond acceptors (Lipinski definition) is 2. The van der Waals surface area contributed by atoms with E-state index in [9.17, 15) is 9.59 Å². The van der Waals surface area contributed by atoms with Crippen molar-refractivity contribution < 1.29 is 14.7 Å². The molecule has 0 atom stereocenters. The van der Waals surface area contributed by atoms with Gasteiger partial charge in [0.15, 0.2) is 0 Å². The van der Waals surface area contributed by atoms with Crippen LogP contribution in [0, 0.1) is 0 Å². The lowest BCUT2D eigenvalue weighted by Gasteiger charge is -2.12. The van der Waals surface area contributed by atoms with Crippen molar-refractivity contribution in [2.75, 3.05) is 14.1 Å². The largest absolute Gasteiger partial charge is 0.477 e. The van der Waals surface area contributed by atoms with Gasteiger partial charge < -0.3 is 19.9 Å². The van der Waals surface area contributed by atoms with E-state index in [0.29, 0.717) is 6.54 Å². The van der Waals surface area contributed by atoms with E-state index in [1.54, 1.807) is 27.2 Å². The lowest BCUT2D eigenvalue weighted by Crippen LogP contribution is -2.34. The molecular formula is C10H15N3O3. The first kappa shape index (κ1) is 12.1. The number of carbonyl (C=O) groups excluding carboxylic acids is 1. The quantitative estimate of drug-likeness (QED) is 0.786. The second kappa shape index (κ2) is 4.69. The van der Waals surface area contributed by atoms with Gasteiger partial charge in [-0.15, -0.1) is 0 Å². The average molecular weight is 225 g/mol. The van der Waals surface area contributed by atoms with E-state index in [1.165, 1.54) is 15.5 Å². The number of aromatic carboxylic acids is 1. The zero-order valence-electron chi connectivity index (χ0n) is 9.52. The predicted octanol–water partition coefficient (Wildman–Crippen LogP) is 0.494. The number of amides is 2. The molecule has 0 saturated carbocycles. The molecule has 88 valence electrons. The smallest absolute Gasteiger partial charge is 0.352 e. The number of carboxylic acids is 1. The summed E-state index contributed by atoms with van der Waals surface area (Å²) in [4.78, 5) is 23.4. The highest BCUT2D eigenvalue weighted by molar-refractivity contribution is 5.86. The third-order valence-corrected chi connectivity index (χ3v) is 2.27. The molecule has 1 aromatic heterocycles. The fourth-order valence-electron chi connectivity index (χ4n) is 1.27. The molecule has 0 fully saturated rings. The zero-order valence-corrected chi connectivity index (χ0v) is 9.52. The van der Waals surface area contributed by atoms with Crippen LogP contribution >= 0.6 is 0 Å². The fraction of sp³-hybridized carbons (Fsp3) is 0.400. The summed E-state index contributed by atoms with van der Waals surface area (Å²) in [5.74, 6) is -0.979. The van der Waals surface area contributed by atoms with Gasteiger partial charge in [0.25, 0.3) is 0 Å². The predicted molar refractivity (Wildman–Crippen MR) is 58.3 cm³/mol. The summed E-state index contributed by atoms with van der Waals surface area (Å²) in [5.41, 5.74) is 0.946. The number of carboxylic acid groups (broad SMARTS) is 1. The molecule has 0 radical (unpaired) electrons. The second-order valence-corrected chi connectivity index (χ2v) is 3.63. The molecule has 0 spiro atoms. The second-order valence-electron chi connectivity index (χ2n) is 3.63. The van der Waals surface area contributed by atoms with Crippen LogP contribution in [0.1, 0.15) is 16.2 Å². The molecule has 1 rings (SSSR count). The van der Waals surface area contributed by atoms with Crippen LogP contribution in [-0.4, -0.2) is 40.7 Å². The van der Waals surface area contributed by atoms with Crippen molar-refractivity contribution in [3.05, 3.63) is 23.5 Å². The van der Waals surface area contributed by atoms with Gasteiger partial charge in [0, 0.05) is 26.8 Å². The first-order valence-electron chi connectivity index (χ1n) is 4.76. The number of nitrogens with zero attached hydrogens (tertiary/aromatic N) is 2. The van der Waals surface area contributed by atoms with Crippen molar-refractivity contribution in [3.8, 4) is 0 Å². The number of aromatic nitrogens is 1. The summed E-state index contributed by atoms with van der Waals surface area (Å²) in [5, 5.41) is 11.5. The van der Waals surface area contributed by atoms with Gasteiger partial charge in [-0.1, -0.05) is 0 Å². The lowest BCUT2D eigenvalue weighted by molar-refractivity contribution is 0.0686. The van der Waals surface area contributed by atoms with Gasteiger partial charge in [-0.05, 0) is 12.1 Å². The number of carbonyl (C=O) groups is 2. The van der Waals surface area contributed by atoms with Crippen LogP contribution in [0.5, 0.6) is 0 Å². The SMILES string of the molecule is CN(C)C(=O)NCc1ccc(C(=O)O)n1C. The van der Waals surface area contributed by atoms with Crippen LogP contribution in [-0.2, 0) is 13.6 Å². The number of nitrogens with one attached hydrogen (secondary N) is 1. The van der Waals surface area contributed by atoms with E-state index in [4.69, 9.17) is 5.11 Å². The van der Waals surface area contributed by atoms with Crippen molar-refractivity contribution in [1.82, 2.24) is 14.8 Å². The Morgan fingerprint density at radius 3 is 2.50 bits per heavy atom. The van der Waals surface area contributed by atoms with Crippen molar-refractivity contribution in [2.45, 2.75) is 6.54 Å². The van der Waals surface area contributed by atoms with Crippen molar-refractivity contribution >= 4 is 12.0 Å². The number of hydrogen-bond donors (Lipinski definition) is 2. The maximum Gasteiger partial charge on any atom is 0.352 e. The highest BCUT2D eigenvalue weighted by Crippen LogP contribution is 2.06. The molecule has 0 unspecified atom stereocenters. The summed E-state index contributed by atoms with van der Waals surface area (Å²) >= 11 is 0.